The first kappa shape index (κ1) is 24.1. The Bertz CT molecular complexity index is 1280. The molecule has 178 valence electrons. The van der Waals surface area contributed by atoms with E-state index in [1.807, 2.05) is 67.6 Å². The van der Waals surface area contributed by atoms with Crippen molar-refractivity contribution in [3.8, 4) is 11.5 Å². The van der Waals surface area contributed by atoms with Crippen LogP contribution in [0.25, 0.3) is 6.08 Å². The second-order valence-corrected chi connectivity index (χ2v) is 8.62. The van der Waals surface area contributed by atoms with Crippen LogP contribution in [0.4, 0.5) is 5.69 Å². The SMILES string of the molecule is CCN1C(=O)/C(=C\c2ccc(OCc3cccc(C(=O)O)c3)cc2)SC1=Nc1ccc(OC)cc1. The number of rotatable bonds is 8. The molecule has 1 aliphatic rings. The first-order valence-electron chi connectivity index (χ1n) is 11.0. The number of ether oxygens (including phenoxy) is 2. The van der Waals surface area contributed by atoms with Crippen molar-refractivity contribution in [3.05, 3.63) is 94.4 Å². The Morgan fingerprint density at radius 1 is 1.06 bits per heavy atom. The van der Waals surface area contributed by atoms with Gasteiger partial charge in [0.1, 0.15) is 18.1 Å². The van der Waals surface area contributed by atoms with Crippen LogP contribution in [-0.2, 0) is 11.4 Å². The number of carbonyl (C=O) groups is 2. The highest BCUT2D eigenvalue weighted by atomic mass is 32.2. The van der Waals surface area contributed by atoms with Crippen molar-refractivity contribution in [2.45, 2.75) is 13.5 Å². The van der Waals surface area contributed by atoms with Crippen molar-refractivity contribution in [2.75, 3.05) is 13.7 Å². The minimum absolute atomic E-state index is 0.0802. The summed E-state index contributed by atoms with van der Waals surface area (Å²) in [7, 11) is 1.61. The molecule has 1 aliphatic heterocycles. The summed E-state index contributed by atoms with van der Waals surface area (Å²) in [6.45, 7) is 2.70. The second-order valence-electron chi connectivity index (χ2n) is 7.62. The lowest BCUT2D eigenvalue weighted by atomic mass is 10.1. The van der Waals surface area contributed by atoms with E-state index in [1.165, 1.54) is 11.8 Å². The molecule has 1 saturated heterocycles. The van der Waals surface area contributed by atoms with Gasteiger partial charge in [-0.15, -0.1) is 0 Å². The van der Waals surface area contributed by atoms with Crippen molar-refractivity contribution in [2.24, 2.45) is 4.99 Å². The van der Waals surface area contributed by atoms with E-state index in [2.05, 4.69) is 4.99 Å². The number of amides is 1. The van der Waals surface area contributed by atoms with E-state index >= 15 is 0 Å². The lowest BCUT2D eigenvalue weighted by molar-refractivity contribution is -0.122. The van der Waals surface area contributed by atoms with E-state index in [4.69, 9.17) is 14.6 Å². The average Bonchev–Trinajstić information content (AvgIpc) is 3.17. The Morgan fingerprint density at radius 3 is 2.43 bits per heavy atom. The topological polar surface area (TPSA) is 88.4 Å². The van der Waals surface area contributed by atoms with Crippen LogP contribution in [0.1, 0.15) is 28.4 Å². The summed E-state index contributed by atoms with van der Waals surface area (Å²) in [6.07, 6.45) is 1.84. The van der Waals surface area contributed by atoms with Gasteiger partial charge in [-0.1, -0.05) is 24.3 Å². The Hall–Kier alpha value is -4.04. The molecular formula is C27H24N2O5S. The third-order valence-corrected chi connectivity index (χ3v) is 6.27. The van der Waals surface area contributed by atoms with E-state index in [0.29, 0.717) is 22.4 Å². The van der Waals surface area contributed by atoms with Crippen LogP contribution in [0.3, 0.4) is 0 Å². The number of amidine groups is 1. The number of likely N-dealkylation sites (N-methyl/N-ethyl adjacent to an activating group) is 1. The van der Waals surface area contributed by atoms with Gasteiger partial charge in [0.05, 0.1) is 23.3 Å². The van der Waals surface area contributed by atoms with Crippen LogP contribution in [0, 0.1) is 0 Å². The molecule has 35 heavy (non-hydrogen) atoms. The van der Waals surface area contributed by atoms with Crippen molar-refractivity contribution in [1.29, 1.82) is 0 Å². The molecule has 0 aromatic heterocycles. The molecule has 1 heterocycles. The number of carboxylic acid groups (broad SMARTS) is 1. The van der Waals surface area contributed by atoms with Gasteiger partial charge >= 0.3 is 5.97 Å². The molecule has 7 nitrogen and oxygen atoms in total. The molecule has 0 bridgehead atoms. The number of aromatic carboxylic acids is 1. The molecule has 0 aliphatic carbocycles. The summed E-state index contributed by atoms with van der Waals surface area (Å²) >= 11 is 1.34. The van der Waals surface area contributed by atoms with Gasteiger partial charge in [-0.25, -0.2) is 9.79 Å². The maximum atomic E-state index is 12.9. The van der Waals surface area contributed by atoms with Gasteiger partial charge in [-0.2, -0.15) is 0 Å². The van der Waals surface area contributed by atoms with Crippen molar-refractivity contribution < 1.29 is 24.2 Å². The second kappa shape index (κ2) is 10.9. The average molecular weight is 489 g/mol. The molecule has 1 N–H and O–H groups in total. The summed E-state index contributed by atoms with van der Waals surface area (Å²) in [4.78, 5) is 30.9. The molecule has 0 saturated carbocycles. The quantitative estimate of drug-likeness (QED) is 0.416. The van der Waals surface area contributed by atoms with Crippen molar-refractivity contribution in [1.82, 2.24) is 4.90 Å². The minimum Gasteiger partial charge on any atom is -0.497 e. The molecule has 3 aromatic rings. The molecule has 4 rings (SSSR count). The standard InChI is InChI=1S/C27H24N2O5S/c1-3-29-25(30)24(35-27(29)28-21-9-13-22(33-2)14-10-21)16-18-7-11-23(12-8-18)34-17-19-5-4-6-20(15-19)26(31)32/h4-16H,3,17H2,1-2H3,(H,31,32)/b24-16+,28-27?. The highest BCUT2D eigenvalue weighted by Gasteiger charge is 2.32. The Balaban J connectivity index is 1.45. The van der Waals surface area contributed by atoms with E-state index in [9.17, 15) is 9.59 Å². The predicted octanol–water partition coefficient (Wildman–Crippen LogP) is 5.60. The third kappa shape index (κ3) is 5.91. The zero-order valence-corrected chi connectivity index (χ0v) is 20.1. The highest BCUT2D eigenvalue weighted by Crippen LogP contribution is 2.34. The molecule has 0 radical (unpaired) electrons. The van der Waals surface area contributed by atoms with E-state index < -0.39 is 5.97 Å². The van der Waals surface area contributed by atoms with E-state index in [-0.39, 0.29) is 18.1 Å². The molecule has 0 atom stereocenters. The minimum atomic E-state index is -0.970. The normalized spacial score (nSPS) is 15.6. The molecule has 1 fully saturated rings. The molecule has 0 spiro atoms. The molecule has 3 aromatic carbocycles. The fourth-order valence-electron chi connectivity index (χ4n) is 3.41. The zero-order chi connectivity index (χ0) is 24.8. The number of benzene rings is 3. The fraction of sp³-hybridized carbons (Fsp3) is 0.148. The highest BCUT2D eigenvalue weighted by molar-refractivity contribution is 8.18. The lowest BCUT2D eigenvalue weighted by Gasteiger charge is -2.12. The Labute approximate surface area is 207 Å². The largest absolute Gasteiger partial charge is 0.497 e. The van der Waals surface area contributed by atoms with Crippen molar-refractivity contribution >= 4 is 40.6 Å². The van der Waals surface area contributed by atoms with Gasteiger partial charge in [-0.05, 0) is 84.4 Å². The van der Waals surface area contributed by atoms with Gasteiger partial charge in [0.2, 0.25) is 0 Å². The number of hydrogen-bond acceptors (Lipinski definition) is 6. The van der Waals surface area contributed by atoms with Crippen molar-refractivity contribution in [3.63, 3.8) is 0 Å². The smallest absolute Gasteiger partial charge is 0.335 e. The van der Waals surface area contributed by atoms with Crippen LogP contribution in [0.15, 0.2) is 82.7 Å². The number of aliphatic imine (C=N–C) groups is 1. The van der Waals surface area contributed by atoms with Crippen LogP contribution < -0.4 is 9.47 Å². The van der Waals surface area contributed by atoms with E-state index in [0.717, 1.165) is 22.6 Å². The van der Waals surface area contributed by atoms with E-state index in [1.54, 1.807) is 30.2 Å². The summed E-state index contributed by atoms with van der Waals surface area (Å²) in [5, 5.41) is 9.75. The number of nitrogens with zero attached hydrogens (tertiary/aromatic N) is 2. The van der Waals surface area contributed by atoms with Gasteiger partial charge in [0.15, 0.2) is 5.17 Å². The summed E-state index contributed by atoms with van der Waals surface area (Å²) in [6, 6.07) is 21.4. The van der Waals surface area contributed by atoms with Crippen LogP contribution >= 0.6 is 11.8 Å². The number of carbonyl (C=O) groups excluding carboxylic acids is 1. The summed E-state index contributed by atoms with van der Waals surface area (Å²) in [5.41, 5.74) is 2.61. The summed E-state index contributed by atoms with van der Waals surface area (Å²) in [5.74, 6) is 0.347. The summed E-state index contributed by atoms with van der Waals surface area (Å²) < 4.78 is 11.0. The third-order valence-electron chi connectivity index (χ3n) is 5.26. The monoisotopic (exact) mass is 488 g/mol. The van der Waals surface area contributed by atoms with Gasteiger partial charge < -0.3 is 14.6 Å². The first-order chi connectivity index (χ1) is 17.0. The van der Waals surface area contributed by atoms with Crippen LogP contribution in [0.5, 0.6) is 11.5 Å². The zero-order valence-electron chi connectivity index (χ0n) is 19.3. The Morgan fingerprint density at radius 2 is 1.77 bits per heavy atom. The van der Waals surface area contributed by atoms with Gasteiger partial charge in [-0.3, -0.25) is 9.69 Å². The molecular weight excluding hydrogens is 464 g/mol. The number of carboxylic acids is 1. The maximum absolute atomic E-state index is 12.9. The van der Waals surface area contributed by atoms with Gasteiger partial charge in [0, 0.05) is 6.54 Å². The number of thioether (sulfide) groups is 1. The molecule has 1 amide bonds. The first-order valence-corrected chi connectivity index (χ1v) is 11.8. The maximum Gasteiger partial charge on any atom is 0.335 e. The lowest BCUT2D eigenvalue weighted by Crippen LogP contribution is -2.28. The molecule has 8 heteroatoms. The molecule has 0 unspecified atom stereocenters. The fourth-order valence-corrected chi connectivity index (χ4v) is 4.47. The number of methoxy groups -OCH3 is 1. The van der Waals surface area contributed by atoms with Crippen LogP contribution in [-0.4, -0.2) is 40.7 Å². The number of hydrogen-bond donors (Lipinski definition) is 1. The Kier molecular flexibility index (Phi) is 7.52. The van der Waals surface area contributed by atoms with Crippen LogP contribution in [0.2, 0.25) is 0 Å². The predicted molar refractivity (Wildman–Crippen MR) is 137 cm³/mol. The van der Waals surface area contributed by atoms with Gasteiger partial charge in [0.25, 0.3) is 5.91 Å².